The van der Waals surface area contributed by atoms with Crippen molar-refractivity contribution in [1.29, 1.82) is 0 Å². The smallest absolute Gasteiger partial charge is 0.224 e. The quantitative estimate of drug-likeness (QED) is 0.349. The molecular formula is C36H55NO3. The first-order valence-electron chi connectivity index (χ1n) is 16.6. The van der Waals surface area contributed by atoms with E-state index in [-0.39, 0.29) is 11.8 Å². The standard InChI is InChI=1S/C36H55NO3/c1-23(34(38)37(5)6)12-15-31-24(2)33-32(40-31)21-30-28-14-13-26-20-27(39-22-25-10-8-7-9-11-25)16-18-35(26,3)29(28)17-19-36(30,33)4/h7-11,23-24,26-33H,12-22H2,1-6H3/t23-,24+,26+,27-,28+,29-,30-,31+,32-,33-,35-,36-/m0/s1. The average Bonchev–Trinajstić information content (AvgIpc) is 3.43. The number of rotatable bonds is 7. The molecule has 0 radical (unpaired) electrons. The summed E-state index contributed by atoms with van der Waals surface area (Å²) < 4.78 is 13.4. The Bertz CT molecular complexity index is 1040. The molecule has 5 aliphatic rings. The number of ether oxygens (including phenoxy) is 2. The highest BCUT2D eigenvalue weighted by atomic mass is 16.5. The maximum atomic E-state index is 12.4. The van der Waals surface area contributed by atoms with E-state index in [1.54, 1.807) is 4.90 Å². The van der Waals surface area contributed by atoms with Gasteiger partial charge in [0.05, 0.1) is 24.9 Å². The summed E-state index contributed by atoms with van der Waals surface area (Å²) in [6.07, 6.45) is 13.8. The van der Waals surface area contributed by atoms with Crippen LogP contribution in [0.25, 0.3) is 0 Å². The zero-order valence-electron chi connectivity index (χ0n) is 26.1. The van der Waals surface area contributed by atoms with Crippen LogP contribution in [0.2, 0.25) is 0 Å². The van der Waals surface area contributed by atoms with Gasteiger partial charge in [-0.1, -0.05) is 58.0 Å². The van der Waals surface area contributed by atoms with Crippen LogP contribution in [0, 0.1) is 52.3 Å². The minimum absolute atomic E-state index is 0.0831. The molecule has 1 aromatic carbocycles. The Kier molecular flexibility index (Phi) is 7.92. The molecule has 12 atom stereocenters. The largest absolute Gasteiger partial charge is 0.374 e. The molecule has 1 saturated heterocycles. The Hall–Kier alpha value is -1.39. The minimum Gasteiger partial charge on any atom is -0.374 e. The Morgan fingerprint density at radius 2 is 1.77 bits per heavy atom. The summed E-state index contributed by atoms with van der Waals surface area (Å²) in [5, 5.41) is 0. The molecular weight excluding hydrogens is 494 g/mol. The lowest BCUT2D eigenvalue weighted by Crippen LogP contribution is -2.54. The van der Waals surface area contributed by atoms with Gasteiger partial charge >= 0.3 is 0 Å². The number of nitrogens with zero attached hydrogens (tertiary/aromatic N) is 1. The monoisotopic (exact) mass is 549 g/mol. The van der Waals surface area contributed by atoms with E-state index in [0.29, 0.717) is 41.0 Å². The second-order valence-electron chi connectivity index (χ2n) is 15.4. The molecule has 0 N–H and O–H groups in total. The molecule has 4 saturated carbocycles. The Labute approximate surface area is 243 Å². The lowest BCUT2D eigenvalue weighted by Gasteiger charge is -2.61. The third-order valence-electron chi connectivity index (χ3n) is 13.3. The van der Waals surface area contributed by atoms with Gasteiger partial charge in [-0.25, -0.2) is 0 Å². The van der Waals surface area contributed by atoms with E-state index in [1.807, 2.05) is 14.1 Å². The molecule has 1 aliphatic heterocycles. The van der Waals surface area contributed by atoms with Crippen LogP contribution >= 0.6 is 0 Å². The molecule has 4 aliphatic carbocycles. The molecule has 40 heavy (non-hydrogen) atoms. The van der Waals surface area contributed by atoms with Crippen molar-refractivity contribution in [3.05, 3.63) is 35.9 Å². The Morgan fingerprint density at radius 3 is 2.52 bits per heavy atom. The number of hydrogen-bond donors (Lipinski definition) is 0. The van der Waals surface area contributed by atoms with E-state index in [9.17, 15) is 4.79 Å². The Morgan fingerprint density at radius 1 is 1.02 bits per heavy atom. The number of benzene rings is 1. The van der Waals surface area contributed by atoms with E-state index in [4.69, 9.17) is 9.47 Å². The first-order chi connectivity index (χ1) is 19.1. The summed E-state index contributed by atoms with van der Waals surface area (Å²) in [5.41, 5.74) is 2.20. The average molecular weight is 550 g/mol. The van der Waals surface area contributed by atoms with E-state index in [2.05, 4.69) is 58.0 Å². The summed E-state index contributed by atoms with van der Waals surface area (Å²) in [4.78, 5) is 14.1. The second-order valence-corrected chi connectivity index (χ2v) is 15.4. The Balaban J connectivity index is 1.08. The lowest BCUT2D eigenvalue weighted by molar-refractivity contribution is -0.139. The second kappa shape index (κ2) is 11.0. The van der Waals surface area contributed by atoms with Crippen LogP contribution in [0.5, 0.6) is 0 Å². The molecule has 1 heterocycles. The highest BCUT2D eigenvalue weighted by Gasteiger charge is 2.65. The van der Waals surface area contributed by atoms with Crippen molar-refractivity contribution in [2.24, 2.45) is 52.3 Å². The lowest BCUT2D eigenvalue weighted by atomic mass is 9.44. The van der Waals surface area contributed by atoms with Crippen molar-refractivity contribution in [2.75, 3.05) is 14.1 Å². The van der Waals surface area contributed by atoms with Crippen LogP contribution in [-0.4, -0.2) is 43.2 Å². The van der Waals surface area contributed by atoms with Crippen LogP contribution in [-0.2, 0) is 20.9 Å². The molecule has 0 bridgehead atoms. The minimum atomic E-state index is 0.0831. The molecule has 1 amide bonds. The van der Waals surface area contributed by atoms with Crippen molar-refractivity contribution in [2.45, 2.75) is 117 Å². The van der Waals surface area contributed by atoms with E-state index in [0.717, 1.165) is 43.1 Å². The van der Waals surface area contributed by atoms with Crippen LogP contribution in [0.4, 0.5) is 0 Å². The van der Waals surface area contributed by atoms with Crippen molar-refractivity contribution in [1.82, 2.24) is 4.90 Å². The van der Waals surface area contributed by atoms with E-state index < -0.39 is 0 Å². The first kappa shape index (κ1) is 28.7. The van der Waals surface area contributed by atoms with Crippen LogP contribution in [0.3, 0.4) is 0 Å². The third-order valence-corrected chi connectivity index (χ3v) is 13.3. The van der Waals surface area contributed by atoms with Crippen molar-refractivity contribution >= 4 is 5.91 Å². The summed E-state index contributed by atoms with van der Waals surface area (Å²) in [5.74, 6) is 5.01. The number of carbonyl (C=O) groups excluding carboxylic acids is 1. The highest BCUT2D eigenvalue weighted by molar-refractivity contribution is 5.77. The van der Waals surface area contributed by atoms with Crippen LogP contribution in [0.15, 0.2) is 30.3 Å². The summed E-state index contributed by atoms with van der Waals surface area (Å²) in [6, 6.07) is 10.7. The maximum absolute atomic E-state index is 12.4. The fraction of sp³-hybridized carbons (Fsp3) is 0.806. The molecule has 4 heteroatoms. The normalized spacial score (nSPS) is 44.7. The molecule has 6 rings (SSSR count). The van der Waals surface area contributed by atoms with Gasteiger partial charge in [-0.2, -0.15) is 0 Å². The molecule has 0 unspecified atom stereocenters. The number of carbonyl (C=O) groups is 1. The van der Waals surface area contributed by atoms with Crippen LogP contribution in [0.1, 0.15) is 97.5 Å². The molecule has 0 aromatic heterocycles. The van der Waals surface area contributed by atoms with Gasteiger partial charge in [0.2, 0.25) is 5.91 Å². The summed E-state index contributed by atoms with van der Waals surface area (Å²) >= 11 is 0. The maximum Gasteiger partial charge on any atom is 0.224 e. The summed E-state index contributed by atoms with van der Waals surface area (Å²) in [7, 11) is 3.74. The fourth-order valence-corrected chi connectivity index (χ4v) is 11.2. The van der Waals surface area contributed by atoms with Gasteiger partial charge in [0, 0.05) is 20.0 Å². The molecule has 0 spiro atoms. The van der Waals surface area contributed by atoms with Gasteiger partial charge in [0.25, 0.3) is 0 Å². The molecule has 222 valence electrons. The van der Waals surface area contributed by atoms with Gasteiger partial charge < -0.3 is 14.4 Å². The van der Waals surface area contributed by atoms with E-state index in [1.165, 1.54) is 56.9 Å². The first-order valence-corrected chi connectivity index (χ1v) is 16.6. The zero-order chi connectivity index (χ0) is 28.2. The van der Waals surface area contributed by atoms with Crippen LogP contribution < -0.4 is 0 Å². The molecule has 4 nitrogen and oxygen atoms in total. The predicted octanol–water partition coefficient (Wildman–Crippen LogP) is 7.75. The highest BCUT2D eigenvalue weighted by Crippen LogP contribution is 2.70. The van der Waals surface area contributed by atoms with Gasteiger partial charge in [-0.05, 0) is 116 Å². The van der Waals surface area contributed by atoms with Gasteiger partial charge in [0.1, 0.15) is 0 Å². The SMILES string of the molecule is C[C@H]1[C@H]2[C@H](C[C@H]3[C@@H]4CC[C@@H]5C[C@@H](OCc6ccccc6)CC[C@]5(C)[C@H]4CC[C@]23C)O[C@@H]1CC[C@H](C)C(=O)N(C)C. The predicted molar refractivity (Wildman–Crippen MR) is 161 cm³/mol. The van der Waals surface area contributed by atoms with Gasteiger partial charge in [-0.15, -0.1) is 0 Å². The van der Waals surface area contributed by atoms with Crippen molar-refractivity contribution in [3.8, 4) is 0 Å². The fourth-order valence-electron chi connectivity index (χ4n) is 11.2. The van der Waals surface area contributed by atoms with Crippen molar-refractivity contribution < 1.29 is 14.3 Å². The van der Waals surface area contributed by atoms with Crippen molar-refractivity contribution in [3.63, 3.8) is 0 Å². The topological polar surface area (TPSA) is 38.8 Å². The van der Waals surface area contributed by atoms with Gasteiger partial charge in [-0.3, -0.25) is 4.79 Å². The number of hydrogen-bond acceptors (Lipinski definition) is 3. The summed E-state index contributed by atoms with van der Waals surface area (Å²) in [6.45, 7) is 10.6. The third kappa shape index (κ3) is 4.87. The number of amides is 1. The van der Waals surface area contributed by atoms with E-state index >= 15 is 0 Å². The van der Waals surface area contributed by atoms with Gasteiger partial charge in [0.15, 0.2) is 0 Å². The molecule has 1 aromatic rings. The number of fused-ring (bicyclic) bond motifs is 7. The zero-order valence-corrected chi connectivity index (χ0v) is 26.1. The molecule has 5 fully saturated rings.